The van der Waals surface area contributed by atoms with Crippen molar-refractivity contribution in [3.8, 4) is 0 Å². The summed E-state index contributed by atoms with van der Waals surface area (Å²) >= 11 is 1.24. The van der Waals surface area contributed by atoms with Crippen molar-refractivity contribution in [1.29, 1.82) is 0 Å². The number of carbonyl (C=O) groups is 1. The maximum Gasteiger partial charge on any atom is 0.226 e. The third-order valence-electron chi connectivity index (χ3n) is 3.42. The Labute approximate surface area is 112 Å². The van der Waals surface area contributed by atoms with Gasteiger partial charge < -0.3 is 10.6 Å². The Morgan fingerprint density at radius 2 is 2.50 bits per heavy atom. The molecule has 2 unspecified atom stereocenters. The Hall–Kier alpha value is -1.01. The summed E-state index contributed by atoms with van der Waals surface area (Å²) < 4.78 is 4.04. The highest BCUT2D eigenvalue weighted by Gasteiger charge is 2.22. The molecule has 1 amide bonds. The minimum Gasteiger partial charge on any atom is -0.316 e. The van der Waals surface area contributed by atoms with Gasteiger partial charge in [0.1, 0.15) is 5.82 Å². The van der Waals surface area contributed by atoms with E-state index in [1.165, 1.54) is 24.4 Å². The summed E-state index contributed by atoms with van der Waals surface area (Å²) in [7, 11) is 0. The Kier molecular flexibility index (Phi) is 4.66. The highest BCUT2D eigenvalue weighted by atomic mass is 32.1. The van der Waals surface area contributed by atoms with E-state index in [0.29, 0.717) is 29.2 Å². The van der Waals surface area contributed by atoms with E-state index < -0.39 is 0 Å². The van der Waals surface area contributed by atoms with Gasteiger partial charge in [-0.3, -0.25) is 4.79 Å². The molecule has 0 aliphatic carbocycles. The Morgan fingerprint density at radius 3 is 3.11 bits per heavy atom. The van der Waals surface area contributed by atoms with Crippen LogP contribution in [0.25, 0.3) is 0 Å². The minimum absolute atomic E-state index is 0.0456. The second-order valence-corrected chi connectivity index (χ2v) is 5.73. The van der Waals surface area contributed by atoms with Crippen LogP contribution in [0.2, 0.25) is 0 Å². The van der Waals surface area contributed by atoms with Gasteiger partial charge in [-0.25, -0.2) is 4.98 Å². The molecule has 1 fully saturated rings. The Bertz CT molecular complexity index is 401. The molecule has 0 aromatic carbocycles. The van der Waals surface area contributed by atoms with Gasteiger partial charge in [0.05, 0.1) is 0 Å². The van der Waals surface area contributed by atoms with Crippen LogP contribution in [0.3, 0.4) is 0 Å². The van der Waals surface area contributed by atoms with Gasteiger partial charge in [-0.15, -0.1) is 0 Å². The normalized spacial score (nSPS) is 21.6. The van der Waals surface area contributed by atoms with Gasteiger partial charge >= 0.3 is 0 Å². The zero-order valence-electron chi connectivity index (χ0n) is 10.9. The van der Waals surface area contributed by atoms with Gasteiger partial charge in [-0.2, -0.15) is 4.37 Å². The third-order valence-corrected chi connectivity index (χ3v) is 4.14. The van der Waals surface area contributed by atoms with E-state index >= 15 is 0 Å². The fourth-order valence-corrected chi connectivity index (χ4v) is 2.93. The Balaban J connectivity index is 1.79. The molecule has 2 heterocycles. The smallest absolute Gasteiger partial charge is 0.226 e. The highest BCUT2D eigenvalue weighted by molar-refractivity contribution is 7.09. The molecule has 0 radical (unpaired) electrons. The van der Waals surface area contributed by atoms with Crippen LogP contribution in [0.5, 0.6) is 0 Å². The minimum atomic E-state index is 0.0456. The number of anilines is 1. The third kappa shape index (κ3) is 3.74. The number of hydrogen-bond donors (Lipinski definition) is 2. The number of nitrogens with one attached hydrogen (secondary N) is 2. The van der Waals surface area contributed by atoms with Crippen LogP contribution >= 0.6 is 11.5 Å². The van der Waals surface area contributed by atoms with Crippen LogP contribution < -0.4 is 10.6 Å². The van der Waals surface area contributed by atoms with E-state index in [9.17, 15) is 4.79 Å². The molecule has 0 spiro atoms. The first-order valence-electron chi connectivity index (χ1n) is 6.46. The molecule has 0 bridgehead atoms. The highest BCUT2D eigenvalue weighted by Crippen LogP contribution is 2.23. The van der Waals surface area contributed by atoms with Crippen LogP contribution in [-0.4, -0.2) is 28.4 Å². The molecule has 0 saturated carbocycles. The van der Waals surface area contributed by atoms with E-state index in [-0.39, 0.29) is 5.91 Å². The number of aromatic nitrogens is 2. The second-order valence-electron chi connectivity index (χ2n) is 4.98. The fraction of sp³-hybridized carbons (Fsp3) is 0.750. The second kappa shape index (κ2) is 6.24. The summed E-state index contributed by atoms with van der Waals surface area (Å²) in [6.07, 6.45) is 3.00. The molecule has 2 atom stereocenters. The molecule has 1 aliphatic heterocycles. The lowest BCUT2D eigenvalue weighted by Crippen LogP contribution is -2.34. The largest absolute Gasteiger partial charge is 0.316 e. The van der Waals surface area contributed by atoms with Crippen LogP contribution in [0.4, 0.5) is 5.13 Å². The molecule has 2 rings (SSSR count). The standard InChI is InChI=1S/C12H20N4OS/c1-8(10-4-3-5-13-7-10)6-11(17)15-12-14-9(2)16-18-12/h8,10,13H,3-7H2,1-2H3,(H,14,15,16,17). The summed E-state index contributed by atoms with van der Waals surface area (Å²) in [6.45, 7) is 6.12. The van der Waals surface area contributed by atoms with E-state index in [1.54, 1.807) is 0 Å². The molecule has 6 heteroatoms. The molecule has 1 aliphatic rings. The molecule has 5 nitrogen and oxygen atoms in total. The summed E-state index contributed by atoms with van der Waals surface area (Å²) in [5.74, 6) is 1.77. The van der Waals surface area contributed by atoms with Crippen LogP contribution in [0, 0.1) is 18.8 Å². The fourth-order valence-electron chi connectivity index (χ4n) is 2.34. The number of hydrogen-bond acceptors (Lipinski definition) is 5. The zero-order valence-corrected chi connectivity index (χ0v) is 11.7. The van der Waals surface area contributed by atoms with Gasteiger partial charge in [-0.1, -0.05) is 6.92 Å². The Morgan fingerprint density at radius 1 is 1.67 bits per heavy atom. The van der Waals surface area contributed by atoms with Gasteiger partial charge in [0.15, 0.2) is 0 Å². The van der Waals surface area contributed by atoms with Crippen molar-refractivity contribution in [2.45, 2.75) is 33.1 Å². The maximum atomic E-state index is 11.9. The first kappa shape index (κ1) is 13.4. The lowest BCUT2D eigenvalue weighted by atomic mass is 9.85. The number of piperidine rings is 1. The van der Waals surface area contributed by atoms with Crippen molar-refractivity contribution in [1.82, 2.24) is 14.7 Å². The average Bonchev–Trinajstić information content (AvgIpc) is 2.75. The summed E-state index contributed by atoms with van der Waals surface area (Å²) in [5, 5.41) is 6.81. The van der Waals surface area contributed by atoms with Crippen molar-refractivity contribution in [2.24, 2.45) is 11.8 Å². The van der Waals surface area contributed by atoms with Crippen LogP contribution in [-0.2, 0) is 4.79 Å². The summed E-state index contributed by atoms with van der Waals surface area (Å²) in [4.78, 5) is 16.0. The predicted octanol–water partition coefficient (Wildman–Crippen LogP) is 1.81. The molecule has 1 aromatic rings. The van der Waals surface area contributed by atoms with Gasteiger partial charge in [0.2, 0.25) is 11.0 Å². The van der Waals surface area contributed by atoms with Gasteiger partial charge in [-0.05, 0) is 44.7 Å². The molecule has 1 saturated heterocycles. The predicted molar refractivity (Wildman–Crippen MR) is 72.7 cm³/mol. The van der Waals surface area contributed by atoms with Crippen LogP contribution in [0.1, 0.15) is 32.0 Å². The topological polar surface area (TPSA) is 66.9 Å². The van der Waals surface area contributed by atoms with Crippen molar-refractivity contribution in [3.05, 3.63) is 5.82 Å². The van der Waals surface area contributed by atoms with Crippen molar-refractivity contribution in [2.75, 3.05) is 18.4 Å². The number of amides is 1. The quantitative estimate of drug-likeness (QED) is 0.874. The molecular formula is C12H20N4OS. The number of aryl methyl sites for hydroxylation is 1. The van der Waals surface area contributed by atoms with Crippen molar-refractivity contribution < 1.29 is 4.79 Å². The number of rotatable bonds is 4. The van der Waals surface area contributed by atoms with Gasteiger partial charge in [0, 0.05) is 18.0 Å². The first-order valence-corrected chi connectivity index (χ1v) is 7.23. The van der Waals surface area contributed by atoms with Crippen molar-refractivity contribution >= 4 is 22.6 Å². The van der Waals surface area contributed by atoms with E-state index in [4.69, 9.17) is 0 Å². The molecule has 100 valence electrons. The lowest BCUT2D eigenvalue weighted by Gasteiger charge is -2.27. The molecule has 18 heavy (non-hydrogen) atoms. The lowest BCUT2D eigenvalue weighted by molar-refractivity contribution is -0.117. The number of nitrogens with zero attached hydrogens (tertiary/aromatic N) is 2. The monoisotopic (exact) mass is 268 g/mol. The first-order chi connectivity index (χ1) is 8.65. The van der Waals surface area contributed by atoms with Gasteiger partial charge in [0.25, 0.3) is 0 Å². The molecule has 2 N–H and O–H groups in total. The van der Waals surface area contributed by atoms with Crippen LogP contribution in [0.15, 0.2) is 0 Å². The van der Waals surface area contributed by atoms with E-state index in [0.717, 1.165) is 13.1 Å². The van der Waals surface area contributed by atoms with E-state index in [1.807, 2.05) is 6.92 Å². The van der Waals surface area contributed by atoms with Crippen molar-refractivity contribution in [3.63, 3.8) is 0 Å². The maximum absolute atomic E-state index is 11.9. The average molecular weight is 268 g/mol. The number of carbonyl (C=O) groups excluding carboxylic acids is 1. The molecular weight excluding hydrogens is 248 g/mol. The summed E-state index contributed by atoms with van der Waals surface area (Å²) in [5.41, 5.74) is 0. The zero-order chi connectivity index (χ0) is 13.0. The SMILES string of the molecule is Cc1nsc(NC(=O)CC(C)C2CCCNC2)n1. The summed E-state index contributed by atoms with van der Waals surface area (Å²) in [6, 6.07) is 0. The van der Waals surface area contributed by atoms with E-state index in [2.05, 4.69) is 26.9 Å². The molecule has 1 aromatic heterocycles.